The van der Waals surface area contributed by atoms with Gasteiger partial charge in [-0.1, -0.05) is 0 Å². The second-order valence-corrected chi connectivity index (χ2v) is 3.30. The standard InChI is InChI=1S/C4H7O2P/c1-4(6)7(2)3-5/h3H,1-2H3. The Morgan fingerprint density at radius 1 is 1.71 bits per heavy atom. The monoisotopic (exact) mass is 118 g/mol. The van der Waals surface area contributed by atoms with Gasteiger partial charge in [0, 0.05) is 7.92 Å². The Kier molecular flexibility index (Phi) is 2.77. The third kappa shape index (κ3) is 2.46. The van der Waals surface area contributed by atoms with Gasteiger partial charge in [-0.05, 0) is 13.6 Å². The fraction of sp³-hybridized carbons (Fsp3) is 0.500. The third-order valence-corrected chi connectivity index (χ3v) is 1.96. The minimum atomic E-state index is -0.957. The molecule has 0 aliphatic carbocycles. The van der Waals surface area contributed by atoms with Gasteiger partial charge in [-0.2, -0.15) is 0 Å². The number of hydrogen-bond donors (Lipinski definition) is 0. The van der Waals surface area contributed by atoms with Crippen LogP contribution in [0.1, 0.15) is 6.92 Å². The van der Waals surface area contributed by atoms with E-state index in [4.69, 9.17) is 0 Å². The van der Waals surface area contributed by atoms with E-state index in [0.29, 0.717) is 6.03 Å². The Balaban J connectivity index is 3.55. The van der Waals surface area contributed by atoms with Crippen LogP contribution in [0.5, 0.6) is 0 Å². The summed E-state index contributed by atoms with van der Waals surface area (Å²) in [7, 11) is -0.957. The van der Waals surface area contributed by atoms with E-state index in [-0.39, 0.29) is 5.52 Å². The van der Waals surface area contributed by atoms with Crippen LogP contribution in [0.4, 0.5) is 0 Å². The van der Waals surface area contributed by atoms with Crippen LogP contribution in [0.2, 0.25) is 0 Å². The topological polar surface area (TPSA) is 34.1 Å². The van der Waals surface area contributed by atoms with E-state index in [1.54, 1.807) is 6.66 Å². The fourth-order valence-electron chi connectivity index (χ4n) is 0.0742. The zero-order chi connectivity index (χ0) is 5.86. The minimum absolute atomic E-state index is 0.00926. The first-order valence-corrected chi connectivity index (χ1v) is 3.73. The first-order valence-electron chi connectivity index (χ1n) is 1.87. The number of rotatable bonds is 2. The maximum absolute atomic E-state index is 10.2. The van der Waals surface area contributed by atoms with Crippen molar-refractivity contribution in [2.75, 3.05) is 6.66 Å². The van der Waals surface area contributed by atoms with Crippen molar-refractivity contribution < 1.29 is 9.59 Å². The summed E-state index contributed by atoms with van der Waals surface area (Å²) in [5.74, 6) is 0. The zero-order valence-corrected chi connectivity index (χ0v) is 5.24. The lowest BCUT2D eigenvalue weighted by atomic mass is 10.9. The molecule has 0 radical (unpaired) electrons. The SMILES string of the molecule is CC(=O)P(C)C=O. The van der Waals surface area contributed by atoms with Gasteiger partial charge in [0.25, 0.3) is 0 Å². The molecule has 0 bridgehead atoms. The predicted octanol–water partition coefficient (Wildman–Crippen LogP) is 0.835. The highest BCUT2D eigenvalue weighted by Gasteiger charge is 2.01. The smallest absolute Gasteiger partial charge is 0.158 e. The molecule has 0 amide bonds. The summed E-state index contributed by atoms with van der Waals surface area (Å²) in [5.41, 5.74) is -0.00926. The predicted molar refractivity (Wildman–Crippen MR) is 30.3 cm³/mol. The highest BCUT2D eigenvalue weighted by Crippen LogP contribution is 2.25. The Labute approximate surface area is 43.7 Å². The van der Waals surface area contributed by atoms with Crippen molar-refractivity contribution >= 4 is 19.5 Å². The number of carbonyl (C=O) groups excluding carboxylic acids is 2. The molecule has 0 aliphatic rings. The molecule has 0 aromatic heterocycles. The van der Waals surface area contributed by atoms with Crippen LogP contribution < -0.4 is 0 Å². The molecular formula is C4H7O2P. The molecule has 0 spiro atoms. The van der Waals surface area contributed by atoms with E-state index in [2.05, 4.69) is 0 Å². The van der Waals surface area contributed by atoms with E-state index < -0.39 is 7.92 Å². The van der Waals surface area contributed by atoms with Gasteiger partial charge in [-0.15, -0.1) is 0 Å². The highest BCUT2D eigenvalue weighted by molar-refractivity contribution is 7.86. The van der Waals surface area contributed by atoms with Gasteiger partial charge in [-0.25, -0.2) is 0 Å². The van der Waals surface area contributed by atoms with Crippen LogP contribution in [0.25, 0.3) is 0 Å². The van der Waals surface area contributed by atoms with Crippen LogP contribution in [0.3, 0.4) is 0 Å². The molecule has 0 aromatic carbocycles. The highest BCUT2D eigenvalue weighted by atomic mass is 31.1. The zero-order valence-electron chi connectivity index (χ0n) is 4.34. The van der Waals surface area contributed by atoms with Gasteiger partial charge >= 0.3 is 0 Å². The second-order valence-electron chi connectivity index (χ2n) is 1.24. The molecule has 0 aliphatic heterocycles. The van der Waals surface area contributed by atoms with Gasteiger partial charge in [0.1, 0.15) is 6.03 Å². The summed E-state index contributed by atoms with van der Waals surface area (Å²) in [6.45, 7) is 3.07. The first-order chi connectivity index (χ1) is 3.18. The third-order valence-electron chi connectivity index (χ3n) is 0.655. The number of hydrogen-bond acceptors (Lipinski definition) is 2. The molecule has 40 valence electrons. The van der Waals surface area contributed by atoms with E-state index >= 15 is 0 Å². The van der Waals surface area contributed by atoms with Gasteiger partial charge in [0.2, 0.25) is 0 Å². The lowest BCUT2D eigenvalue weighted by Gasteiger charge is -1.90. The summed E-state index contributed by atoms with van der Waals surface area (Å²) in [4.78, 5) is 19.9. The molecule has 0 fully saturated rings. The normalized spacial score (nSPS) is 12.9. The van der Waals surface area contributed by atoms with Crippen LogP contribution in [-0.4, -0.2) is 18.2 Å². The molecule has 0 heterocycles. The molecule has 1 atom stereocenters. The van der Waals surface area contributed by atoms with Crippen molar-refractivity contribution in [2.45, 2.75) is 6.92 Å². The molecule has 0 saturated carbocycles. The summed E-state index contributed by atoms with van der Waals surface area (Å²) in [5, 5.41) is 0. The van der Waals surface area contributed by atoms with Crippen molar-refractivity contribution in [1.82, 2.24) is 0 Å². The lowest BCUT2D eigenvalue weighted by molar-refractivity contribution is -0.109. The fourth-order valence-corrected chi connectivity index (χ4v) is 0.223. The Morgan fingerprint density at radius 3 is 2.14 bits per heavy atom. The van der Waals surface area contributed by atoms with E-state index in [0.717, 1.165) is 0 Å². The van der Waals surface area contributed by atoms with Crippen LogP contribution in [0, 0.1) is 0 Å². The summed E-state index contributed by atoms with van der Waals surface area (Å²) in [6.07, 6.45) is 0. The second kappa shape index (κ2) is 2.86. The molecule has 7 heavy (non-hydrogen) atoms. The maximum Gasteiger partial charge on any atom is 0.158 e. The molecule has 0 saturated heterocycles. The summed E-state index contributed by atoms with van der Waals surface area (Å²) in [6, 6.07) is 0.706. The molecule has 2 nitrogen and oxygen atoms in total. The Hall–Kier alpha value is -0.230. The van der Waals surface area contributed by atoms with Crippen LogP contribution in [-0.2, 0) is 9.59 Å². The van der Waals surface area contributed by atoms with Crippen molar-refractivity contribution in [3.05, 3.63) is 0 Å². The molecule has 0 N–H and O–H groups in total. The van der Waals surface area contributed by atoms with Crippen molar-refractivity contribution in [2.24, 2.45) is 0 Å². The summed E-state index contributed by atoms with van der Waals surface area (Å²) < 4.78 is 0. The maximum atomic E-state index is 10.2. The molecule has 0 rings (SSSR count). The number of carbonyl (C=O) groups is 2. The van der Waals surface area contributed by atoms with E-state index in [1.807, 2.05) is 0 Å². The average Bonchev–Trinajstić information content (AvgIpc) is 1.65. The average molecular weight is 118 g/mol. The molecule has 1 unspecified atom stereocenters. The quantitative estimate of drug-likeness (QED) is 0.397. The van der Waals surface area contributed by atoms with Crippen molar-refractivity contribution in [3.63, 3.8) is 0 Å². The van der Waals surface area contributed by atoms with Crippen LogP contribution >= 0.6 is 7.92 Å². The van der Waals surface area contributed by atoms with Gasteiger partial charge in [0.15, 0.2) is 5.52 Å². The van der Waals surface area contributed by atoms with E-state index in [9.17, 15) is 9.59 Å². The van der Waals surface area contributed by atoms with Crippen LogP contribution in [0.15, 0.2) is 0 Å². The van der Waals surface area contributed by atoms with Gasteiger partial charge in [-0.3, -0.25) is 9.59 Å². The van der Waals surface area contributed by atoms with Crippen molar-refractivity contribution in [1.29, 1.82) is 0 Å². The Morgan fingerprint density at radius 2 is 2.14 bits per heavy atom. The molecule has 3 heteroatoms. The lowest BCUT2D eigenvalue weighted by Crippen LogP contribution is -1.84. The largest absolute Gasteiger partial charge is 0.298 e. The molecular weight excluding hydrogens is 111 g/mol. The molecule has 0 aromatic rings. The van der Waals surface area contributed by atoms with E-state index in [1.165, 1.54) is 6.92 Å². The van der Waals surface area contributed by atoms with Gasteiger partial charge < -0.3 is 0 Å². The first kappa shape index (κ1) is 6.77. The van der Waals surface area contributed by atoms with Gasteiger partial charge in [0.05, 0.1) is 0 Å². The minimum Gasteiger partial charge on any atom is -0.298 e. The summed E-state index contributed by atoms with van der Waals surface area (Å²) >= 11 is 0. The Bertz CT molecular complexity index is 89.7. The van der Waals surface area contributed by atoms with Crippen molar-refractivity contribution in [3.8, 4) is 0 Å².